The maximum Gasteiger partial charge on any atom is 0.238 e. The highest BCUT2D eigenvalue weighted by molar-refractivity contribution is 7.89. The Morgan fingerprint density at radius 2 is 2.14 bits per heavy atom. The first-order valence-corrected chi connectivity index (χ1v) is 8.21. The lowest BCUT2D eigenvalue weighted by Crippen LogP contribution is -2.36. The van der Waals surface area contributed by atoms with Crippen LogP contribution in [-0.4, -0.2) is 33.0 Å². The summed E-state index contributed by atoms with van der Waals surface area (Å²) in [5, 5.41) is -0.0724. The molecular weight excluding hydrogens is 323 g/mol. The van der Waals surface area contributed by atoms with E-state index < -0.39 is 27.7 Å². The van der Waals surface area contributed by atoms with Crippen LogP contribution in [-0.2, 0) is 19.6 Å². The maximum absolute atomic E-state index is 13.4. The van der Waals surface area contributed by atoms with Crippen molar-refractivity contribution in [2.45, 2.75) is 6.42 Å². The van der Waals surface area contributed by atoms with Crippen molar-refractivity contribution in [1.82, 2.24) is 4.72 Å². The third-order valence-corrected chi connectivity index (χ3v) is 3.88. The summed E-state index contributed by atoms with van der Waals surface area (Å²) in [6.45, 7) is -0.0126. The summed E-state index contributed by atoms with van der Waals surface area (Å²) < 4.78 is 37.3. The summed E-state index contributed by atoms with van der Waals surface area (Å²) >= 11 is 5.57. The van der Waals surface area contributed by atoms with E-state index >= 15 is 0 Å². The van der Waals surface area contributed by atoms with Crippen molar-refractivity contribution in [3.8, 4) is 0 Å². The fourth-order valence-electron chi connectivity index (χ4n) is 2.05. The third-order valence-electron chi connectivity index (χ3n) is 3.00. The number of anilines is 1. The van der Waals surface area contributed by atoms with Crippen molar-refractivity contribution in [3.63, 3.8) is 0 Å². The normalized spacial score (nSPS) is 18.9. The van der Waals surface area contributed by atoms with Gasteiger partial charge in [0.2, 0.25) is 21.8 Å². The molecule has 1 heterocycles. The Bertz CT molecular complexity index is 707. The van der Waals surface area contributed by atoms with E-state index in [1.54, 1.807) is 0 Å². The van der Waals surface area contributed by atoms with Gasteiger partial charge in [-0.05, 0) is 18.2 Å². The van der Waals surface area contributed by atoms with Crippen molar-refractivity contribution in [1.29, 1.82) is 0 Å². The average Bonchev–Trinajstić information content (AvgIpc) is 2.73. The number of amides is 2. The quantitative estimate of drug-likeness (QED) is 0.890. The molecule has 1 saturated heterocycles. The summed E-state index contributed by atoms with van der Waals surface area (Å²) in [6, 6.07) is 3.86. The van der Waals surface area contributed by atoms with Crippen molar-refractivity contribution >= 4 is 39.1 Å². The van der Waals surface area contributed by atoms with Crippen molar-refractivity contribution in [2.24, 2.45) is 5.92 Å². The number of sulfonamides is 1. The van der Waals surface area contributed by atoms with Crippen LogP contribution >= 0.6 is 11.6 Å². The third kappa shape index (κ3) is 3.70. The van der Waals surface area contributed by atoms with Gasteiger partial charge in [0.15, 0.2) is 0 Å². The Morgan fingerprint density at radius 1 is 1.48 bits per heavy atom. The van der Waals surface area contributed by atoms with E-state index in [9.17, 15) is 22.4 Å². The van der Waals surface area contributed by atoms with E-state index in [0.717, 1.165) is 12.3 Å². The molecule has 0 radical (unpaired) electrons. The van der Waals surface area contributed by atoms with E-state index in [-0.39, 0.29) is 29.6 Å². The molecular formula is C12H12ClFN2O4S. The Morgan fingerprint density at radius 3 is 2.71 bits per heavy atom. The first kappa shape index (κ1) is 15.7. The zero-order valence-electron chi connectivity index (χ0n) is 11.0. The van der Waals surface area contributed by atoms with Gasteiger partial charge in [0.25, 0.3) is 0 Å². The van der Waals surface area contributed by atoms with Gasteiger partial charge in [-0.15, -0.1) is 0 Å². The minimum atomic E-state index is -3.68. The molecule has 2 amide bonds. The van der Waals surface area contributed by atoms with E-state index in [0.29, 0.717) is 0 Å². The number of nitrogens with one attached hydrogen (secondary N) is 1. The lowest BCUT2D eigenvalue weighted by molar-refractivity contribution is -0.124. The van der Waals surface area contributed by atoms with Crippen LogP contribution in [0.5, 0.6) is 0 Å². The molecule has 1 fully saturated rings. The highest BCUT2D eigenvalue weighted by Gasteiger charge is 2.36. The summed E-state index contributed by atoms with van der Waals surface area (Å²) in [5.41, 5.74) is 0.275. The highest BCUT2D eigenvalue weighted by atomic mass is 35.5. The van der Waals surface area contributed by atoms with Crippen LogP contribution in [0.3, 0.4) is 0 Å². The summed E-state index contributed by atoms with van der Waals surface area (Å²) in [7, 11) is -3.68. The lowest BCUT2D eigenvalue weighted by Gasteiger charge is -2.16. The Kier molecular flexibility index (Phi) is 4.20. The molecule has 1 aromatic carbocycles. The van der Waals surface area contributed by atoms with Crippen LogP contribution in [0.25, 0.3) is 0 Å². The van der Waals surface area contributed by atoms with Crippen LogP contribution in [0.1, 0.15) is 6.42 Å². The molecule has 0 saturated carbocycles. The summed E-state index contributed by atoms with van der Waals surface area (Å²) in [4.78, 5) is 24.9. The van der Waals surface area contributed by atoms with Crippen LogP contribution in [0, 0.1) is 11.7 Å². The van der Waals surface area contributed by atoms with Crippen molar-refractivity contribution < 1.29 is 22.4 Å². The Balaban J connectivity index is 2.16. The number of hydrogen-bond donors (Lipinski definition) is 1. The minimum Gasteiger partial charge on any atom is -0.311 e. The lowest BCUT2D eigenvalue weighted by atomic mass is 10.1. The SMILES string of the molecule is CS(=O)(=O)NC(=O)[C@@H]1CC(=O)N(c2ccc(Cl)c(F)c2)C1. The van der Waals surface area contributed by atoms with Gasteiger partial charge >= 0.3 is 0 Å². The number of carbonyl (C=O) groups excluding carboxylic acids is 2. The second-order valence-electron chi connectivity index (χ2n) is 4.74. The zero-order valence-corrected chi connectivity index (χ0v) is 12.5. The van der Waals surface area contributed by atoms with Crippen LogP contribution in [0.4, 0.5) is 10.1 Å². The number of rotatable bonds is 3. The zero-order chi connectivity index (χ0) is 15.8. The fourth-order valence-corrected chi connectivity index (χ4v) is 2.70. The standard InChI is InChI=1S/C12H12ClFN2O4S/c1-21(19,20)15-12(18)7-4-11(17)16(6-7)8-2-3-9(13)10(14)5-8/h2-3,5,7H,4,6H2,1H3,(H,15,18)/t7-/m1/s1. The number of carbonyl (C=O) groups is 2. The number of halogens is 2. The second-order valence-corrected chi connectivity index (χ2v) is 6.90. The van der Waals surface area contributed by atoms with E-state index in [4.69, 9.17) is 11.6 Å². The summed E-state index contributed by atoms with van der Waals surface area (Å²) in [5.74, 6) is -2.61. The Labute approximate surface area is 125 Å². The number of nitrogens with zero attached hydrogens (tertiary/aromatic N) is 1. The largest absolute Gasteiger partial charge is 0.311 e. The topological polar surface area (TPSA) is 83.5 Å². The summed E-state index contributed by atoms with van der Waals surface area (Å²) in [6.07, 6.45) is 0.722. The van der Waals surface area contributed by atoms with Gasteiger partial charge in [0, 0.05) is 18.7 Å². The molecule has 1 aliphatic rings. The maximum atomic E-state index is 13.4. The number of benzene rings is 1. The fraction of sp³-hybridized carbons (Fsp3) is 0.333. The van der Waals surface area contributed by atoms with E-state index in [1.807, 2.05) is 4.72 Å². The van der Waals surface area contributed by atoms with Crippen molar-refractivity contribution in [2.75, 3.05) is 17.7 Å². The van der Waals surface area contributed by atoms with Crippen LogP contribution in [0.15, 0.2) is 18.2 Å². The van der Waals surface area contributed by atoms with Crippen LogP contribution in [0.2, 0.25) is 5.02 Å². The Hall–Kier alpha value is -1.67. The molecule has 0 bridgehead atoms. The first-order valence-electron chi connectivity index (χ1n) is 5.94. The van der Waals surface area contributed by atoms with Gasteiger partial charge in [0.1, 0.15) is 5.82 Å². The van der Waals surface area contributed by atoms with Crippen LogP contribution < -0.4 is 9.62 Å². The molecule has 0 unspecified atom stereocenters. The molecule has 1 atom stereocenters. The second kappa shape index (κ2) is 5.61. The highest BCUT2D eigenvalue weighted by Crippen LogP contribution is 2.28. The first-order chi connectivity index (χ1) is 9.67. The average molecular weight is 335 g/mol. The van der Waals surface area contributed by atoms with Gasteiger partial charge in [-0.1, -0.05) is 11.6 Å². The molecule has 1 N–H and O–H groups in total. The van der Waals surface area contributed by atoms with E-state index in [2.05, 4.69) is 0 Å². The molecule has 1 aliphatic heterocycles. The number of hydrogen-bond acceptors (Lipinski definition) is 4. The monoisotopic (exact) mass is 334 g/mol. The minimum absolute atomic E-state index is 0.0126. The molecule has 1 aromatic rings. The molecule has 21 heavy (non-hydrogen) atoms. The van der Waals surface area contributed by atoms with Crippen molar-refractivity contribution in [3.05, 3.63) is 29.0 Å². The molecule has 0 aliphatic carbocycles. The van der Waals surface area contributed by atoms with Gasteiger partial charge in [-0.2, -0.15) is 0 Å². The molecule has 9 heteroatoms. The van der Waals surface area contributed by atoms with Gasteiger partial charge in [-0.25, -0.2) is 12.8 Å². The molecule has 2 rings (SSSR count). The van der Waals surface area contributed by atoms with E-state index in [1.165, 1.54) is 17.0 Å². The molecule has 114 valence electrons. The van der Waals surface area contributed by atoms with Gasteiger partial charge < -0.3 is 4.90 Å². The predicted octanol–water partition coefficient (Wildman–Crippen LogP) is 0.908. The molecule has 0 spiro atoms. The molecule has 0 aromatic heterocycles. The smallest absolute Gasteiger partial charge is 0.238 e. The van der Waals surface area contributed by atoms with Gasteiger partial charge in [-0.3, -0.25) is 14.3 Å². The van der Waals surface area contributed by atoms with Gasteiger partial charge in [0.05, 0.1) is 17.2 Å². The molecule has 6 nitrogen and oxygen atoms in total. The predicted molar refractivity (Wildman–Crippen MR) is 74.9 cm³/mol.